The van der Waals surface area contributed by atoms with Crippen LogP contribution in [0.3, 0.4) is 0 Å². The molecule has 3 rings (SSSR count). The zero-order chi connectivity index (χ0) is 13.4. The quantitative estimate of drug-likeness (QED) is 0.835. The van der Waals surface area contributed by atoms with Gasteiger partial charge in [-0.3, -0.25) is 9.79 Å². The summed E-state index contributed by atoms with van der Waals surface area (Å²) in [5.74, 6) is 0.312. The molecule has 1 heterocycles. The number of rotatable bonds is 1. The van der Waals surface area contributed by atoms with E-state index in [0.717, 1.165) is 29.8 Å². The standard InChI is InChI=1S/C15H19N3O/c1-18-12-9-5-4-8-11(12)13(10-6-2-3-7-10)17-14(16)15(18)19/h4-5,8-10,14H,2-3,6-7,16H2,1H3. The highest BCUT2D eigenvalue weighted by Crippen LogP contribution is 2.33. The Morgan fingerprint density at radius 3 is 2.68 bits per heavy atom. The van der Waals surface area contributed by atoms with E-state index < -0.39 is 6.17 Å². The van der Waals surface area contributed by atoms with Crippen LogP contribution in [0, 0.1) is 5.92 Å². The number of fused-ring (bicyclic) bond motifs is 1. The molecule has 0 aromatic heterocycles. The molecule has 4 heteroatoms. The van der Waals surface area contributed by atoms with E-state index in [1.54, 1.807) is 11.9 Å². The Morgan fingerprint density at radius 1 is 1.26 bits per heavy atom. The number of carbonyl (C=O) groups excluding carboxylic acids is 1. The number of para-hydroxylation sites is 1. The Labute approximate surface area is 113 Å². The van der Waals surface area contributed by atoms with E-state index >= 15 is 0 Å². The summed E-state index contributed by atoms with van der Waals surface area (Å²) in [5, 5.41) is 0. The largest absolute Gasteiger partial charge is 0.312 e. The summed E-state index contributed by atoms with van der Waals surface area (Å²) in [6, 6.07) is 7.97. The molecule has 0 spiro atoms. The van der Waals surface area contributed by atoms with Gasteiger partial charge in [0.2, 0.25) is 0 Å². The highest BCUT2D eigenvalue weighted by atomic mass is 16.2. The summed E-state index contributed by atoms with van der Waals surface area (Å²) < 4.78 is 0. The monoisotopic (exact) mass is 257 g/mol. The van der Waals surface area contributed by atoms with Gasteiger partial charge in [0.05, 0.1) is 5.69 Å². The van der Waals surface area contributed by atoms with Crippen LogP contribution >= 0.6 is 0 Å². The Kier molecular flexibility index (Phi) is 3.11. The van der Waals surface area contributed by atoms with E-state index in [1.807, 2.05) is 24.3 Å². The predicted octanol–water partition coefficient (Wildman–Crippen LogP) is 1.93. The molecule has 1 fully saturated rings. The normalized spacial score (nSPS) is 24.1. The molecule has 2 N–H and O–H groups in total. The first-order valence-corrected chi connectivity index (χ1v) is 6.88. The third-order valence-corrected chi connectivity index (χ3v) is 4.14. The zero-order valence-electron chi connectivity index (χ0n) is 11.2. The number of benzodiazepines with no additional fused rings is 1. The molecular weight excluding hydrogens is 238 g/mol. The molecule has 1 amide bonds. The average Bonchev–Trinajstić information content (AvgIpc) is 2.94. The van der Waals surface area contributed by atoms with Gasteiger partial charge >= 0.3 is 0 Å². The van der Waals surface area contributed by atoms with Gasteiger partial charge < -0.3 is 10.6 Å². The van der Waals surface area contributed by atoms with E-state index in [-0.39, 0.29) is 5.91 Å². The van der Waals surface area contributed by atoms with Gasteiger partial charge in [0.1, 0.15) is 0 Å². The smallest absolute Gasteiger partial charge is 0.266 e. The first-order valence-electron chi connectivity index (χ1n) is 6.88. The third-order valence-electron chi connectivity index (χ3n) is 4.14. The number of aliphatic imine (C=N–C) groups is 1. The Bertz CT molecular complexity index is 532. The number of benzene rings is 1. The number of nitrogens with two attached hydrogens (primary N) is 1. The molecule has 1 aliphatic carbocycles. The van der Waals surface area contributed by atoms with Crippen LogP contribution in [0.1, 0.15) is 31.2 Å². The van der Waals surface area contributed by atoms with Crippen molar-refractivity contribution in [1.82, 2.24) is 0 Å². The highest BCUT2D eigenvalue weighted by molar-refractivity contribution is 6.13. The van der Waals surface area contributed by atoms with Crippen molar-refractivity contribution in [2.45, 2.75) is 31.8 Å². The van der Waals surface area contributed by atoms with Crippen molar-refractivity contribution in [2.75, 3.05) is 11.9 Å². The average molecular weight is 257 g/mol. The number of anilines is 1. The Morgan fingerprint density at radius 2 is 1.95 bits per heavy atom. The van der Waals surface area contributed by atoms with Crippen LogP contribution < -0.4 is 10.6 Å². The maximum Gasteiger partial charge on any atom is 0.266 e. The minimum atomic E-state index is -0.770. The van der Waals surface area contributed by atoms with Gasteiger partial charge in [0.15, 0.2) is 6.17 Å². The molecule has 0 bridgehead atoms. The molecule has 1 aromatic carbocycles. The SMILES string of the molecule is CN1C(=O)C(N)N=C(C2CCCC2)c2ccccc21. The van der Waals surface area contributed by atoms with Crippen LogP contribution in [0.15, 0.2) is 29.3 Å². The number of hydrogen-bond donors (Lipinski definition) is 1. The lowest BCUT2D eigenvalue weighted by molar-refractivity contribution is -0.119. The summed E-state index contributed by atoms with van der Waals surface area (Å²) in [6.45, 7) is 0. The molecule has 2 aliphatic rings. The van der Waals surface area contributed by atoms with E-state index in [9.17, 15) is 4.79 Å². The topological polar surface area (TPSA) is 58.7 Å². The van der Waals surface area contributed by atoms with Crippen LogP contribution in [0.4, 0.5) is 5.69 Å². The minimum Gasteiger partial charge on any atom is -0.312 e. The second kappa shape index (κ2) is 4.78. The number of amides is 1. The first-order chi connectivity index (χ1) is 9.18. The second-order valence-electron chi connectivity index (χ2n) is 5.35. The second-order valence-corrected chi connectivity index (χ2v) is 5.35. The Balaban J connectivity index is 2.12. The van der Waals surface area contributed by atoms with Gasteiger partial charge in [-0.25, -0.2) is 0 Å². The van der Waals surface area contributed by atoms with Gasteiger partial charge in [-0.1, -0.05) is 31.0 Å². The molecule has 100 valence electrons. The van der Waals surface area contributed by atoms with Crippen LogP contribution in [0.25, 0.3) is 0 Å². The Hall–Kier alpha value is -1.68. The van der Waals surface area contributed by atoms with Gasteiger partial charge in [-0.2, -0.15) is 0 Å². The number of carbonyl (C=O) groups is 1. The fraction of sp³-hybridized carbons (Fsp3) is 0.467. The summed E-state index contributed by atoms with van der Waals surface area (Å²) in [7, 11) is 1.77. The summed E-state index contributed by atoms with van der Waals surface area (Å²) in [5.41, 5.74) is 8.94. The fourth-order valence-corrected chi connectivity index (χ4v) is 3.10. The molecule has 19 heavy (non-hydrogen) atoms. The molecule has 1 aliphatic heterocycles. The summed E-state index contributed by atoms with van der Waals surface area (Å²) in [6.07, 6.45) is 4.01. The van der Waals surface area contributed by atoms with Crippen molar-refractivity contribution in [3.05, 3.63) is 29.8 Å². The molecule has 1 aromatic rings. The number of likely N-dealkylation sites (N-methyl/N-ethyl adjacent to an activating group) is 1. The molecule has 0 radical (unpaired) electrons. The van der Waals surface area contributed by atoms with Crippen molar-refractivity contribution in [3.63, 3.8) is 0 Å². The van der Waals surface area contributed by atoms with Crippen molar-refractivity contribution in [1.29, 1.82) is 0 Å². The van der Waals surface area contributed by atoms with E-state index in [4.69, 9.17) is 5.73 Å². The minimum absolute atomic E-state index is 0.138. The maximum atomic E-state index is 12.2. The molecule has 0 saturated heterocycles. The third kappa shape index (κ3) is 2.06. The number of nitrogens with zero attached hydrogens (tertiary/aromatic N) is 2. The zero-order valence-corrected chi connectivity index (χ0v) is 11.2. The number of hydrogen-bond acceptors (Lipinski definition) is 3. The first kappa shape index (κ1) is 12.4. The highest BCUT2D eigenvalue weighted by Gasteiger charge is 2.31. The summed E-state index contributed by atoms with van der Waals surface area (Å²) in [4.78, 5) is 18.3. The lowest BCUT2D eigenvalue weighted by Crippen LogP contribution is -2.39. The maximum absolute atomic E-state index is 12.2. The molecule has 4 nitrogen and oxygen atoms in total. The van der Waals surface area contributed by atoms with E-state index in [0.29, 0.717) is 5.92 Å². The van der Waals surface area contributed by atoms with Gasteiger partial charge in [0.25, 0.3) is 5.91 Å². The van der Waals surface area contributed by atoms with Crippen molar-refractivity contribution in [2.24, 2.45) is 16.6 Å². The van der Waals surface area contributed by atoms with Crippen molar-refractivity contribution < 1.29 is 4.79 Å². The van der Waals surface area contributed by atoms with Crippen molar-refractivity contribution in [3.8, 4) is 0 Å². The molecule has 1 unspecified atom stereocenters. The predicted molar refractivity (Wildman–Crippen MR) is 76.3 cm³/mol. The lowest BCUT2D eigenvalue weighted by atomic mass is 9.94. The van der Waals surface area contributed by atoms with Gasteiger partial charge in [-0.15, -0.1) is 0 Å². The van der Waals surface area contributed by atoms with Crippen LogP contribution in [-0.2, 0) is 4.79 Å². The van der Waals surface area contributed by atoms with E-state index in [1.165, 1.54) is 12.8 Å². The van der Waals surface area contributed by atoms with Crippen molar-refractivity contribution >= 4 is 17.3 Å². The molecular formula is C15H19N3O. The lowest BCUT2D eigenvalue weighted by Gasteiger charge is -2.19. The fourth-order valence-electron chi connectivity index (χ4n) is 3.10. The van der Waals surface area contributed by atoms with Gasteiger partial charge in [0, 0.05) is 24.2 Å². The molecule has 1 atom stereocenters. The van der Waals surface area contributed by atoms with Gasteiger partial charge in [-0.05, 0) is 18.9 Å². The molecule has 1 saturated carbocycles. The van der Waals surface area contributed by atoms with Crippen LogP contribution in [0.5, 0.6) is 0 Å². The van der Waals surface area contributed by atoms with Crippen LogP contribution in [0.2, 0.25) is 0 Å². The van der Waals surface area contributed by atoms with Crippen LogP contribution in [-0.4, -0.2) is 24.8 Å². The van der Waals surface area contributed by atoms with E-state index in [2.05, 4.69) is 4.99 Å². The summed E-state index contributed by atoms with van der Waals surface area (Å²) >= 11 is 0.